The zero-order chi connectivity index (χ0) is 18.6. The van der Waals surface area contributed by atoms with Gasteiger partial charge in [-0.15, -0.1) is 0 Å². The fraction of sp³-hybridized carbons (Fsp3) is 0.125. The van der Waals surface area contributed by atoms with Gasteiger partial charge >= 0.3 is 29.6 Å². The number of H-pyrrole nitrogens is 1. The van der Waals surface area contributed by atoms with Crippen molar-refractivity contribution in [3.05, 3.63) is 57.2 Å². The zero-order valence-corrected chi connectivity index (χ0v) is 21.5. The number of aromatic amines is 1. The molecule has 0 atom stereocenters. The van der Waals surface area contributed by atoms with E-state index in [4.69, 9.17) is 0 Å². The van der Waals surface area contributed by atoms with Crippen LogP contribution in [-0.2, 0) is 7.05 Å². The number of alkyl halides is 1. The number of aromatic nitrogens is 4. The largest absolute Gasteiger partial charge is 1.00 e. The van der Waals surface area contributed by atoms with E-state index in [1.807, 2.05) is 11.0 Å². The summed E-state index contributed by atoms with van der Waals surface area (Å²) < 4.78 is 29.3. The maximum atomic E-state index is 13.2. The molecule has 4 rings (SSSR count). The Kier molecular flexibility index (Phi) is 10.2. The minimum absolute atomic E-state index is 0. The molecule has 0 saturated carbocycles. The Balaban J connectivity index is 0.000000431. The molecular weight excluding hydrogens is 596 g/mol. The van der Waals surface area contributed by atoms with Crippen LogP contribution in [0.4, 0.5) is 8.78 Å². The number of hydrogen-bond donors (Lipinski definition) is 1. The van der Waals surface area contributed by atoms with Crippen molar-refractivity contribution in [3.8, 4) is 0 Å². The van der Waals surface area contributed by atoms with Gasteiger partial charge in [-0.05, 0) is 29.2 Å². The predicted octanol–water partition coefficient (Wildman–Crippen LogP) is 3.11. The Morgan fingerprint density at radius 3 is 2.23 bits per heavy atom. The molecule has 0 saturated heterocycles. The molecule has 4 aromatic rings. The molecule has 2 heterocycles. The van der Waals surface area contributed by atoms with E-state index in [1.165, 1.54) is 24.5 Å². The molecule has 4 nitrogen and oxygen atoms in total. The Bertz CT molecular complexity index is 1010. The van der Waals surface area contributed by atoms with Crippen LogP contribution in [0.3, 0.4) is 0 Å². The Morgan fingerprint density at radius 1 is 1.00 bits per heavy atom. The first-order chi connectivity index (χ1) is 12.0. The van der Waals surface area contributed by atoms with Crippen molar-refractivity contribution in [2.75, 3.05) is 4.93 Å². The van der Waals surface area contributed by atoms with Crippen LogP contribution < -0.4 is 29.6 Å². The van der Waals surface area contributed by atoms with E-state index in [9.17, 15) is 8.78 Å². The third kappa shape index (κ3) is 5.71. The monoisotopic (exact) mass is 608 g/mol. The number of aryl methyl sites for hydroxylation is 1. The van der Waals surface area contributed by atoms with Crippen molar-refractivity contribution in [1.29, 1.82) is 0 Å². The fourth-order valence-electron chi connectivity index (χ4n) is 2.15. The molecule has 0 aliphatic rings. The minimum atomic E-state index is -0.261. The minimum Gasteiger partial charge on any atom is -1.00 e. The molecule has 0 fully saturated rings. The number of hydrogen-bond acceptors (Lipinski definition) is 2. The van der Waals surface area contributed by atoms with Crippen LogP contribution in [0.5, 0.6) is 0 Å². The molecule has 26 heavy (non-hydrogen) atoms. The molecule has 10 heteroatoms. The first kappa shape index (κ1) is 24.0. The number of nitrogens with one attached hydrogen (secondary N) is 1. The van der Waals surface area contributed by atoms with Crippen molar-refractivity contribution in [2.24, 2.45) is 7.05 Å². The smallest absolute Gasteiger partial charge is 1.00 e. The molecule has 0 aliphatic heterocycles. The van der Waals surface area contributed by atoms with E-state index in [-0.39, 0.29) is 42.6 Å². The topological polar surface area (TPSA) is 46.5 Å². The third-order valence-corrected chi connectivity index (χ3v) is 4.17. The average Bonchev–Trinajstić information content (AvgIpc) is 3.18. The molecule has 0 amide bonds. The van der Waals surface area contributed by atoms with Crippen LogP contribution in [0.15, 0.2) is 45.6 Å². The van der Waals surface area contributed by atoms with Gasteiger partial charge in [0.2, 0.25) is 0 Å². The second-order valence-corrected chi connectivity index (χ2v) is 6.64. The molecule has 0 bridgehead atoms. The average molecular weight is 610 g/mol. The summed E-state index contributed by atoms with van der Waals surface area (Å²) in [6, 6.07) is 6.47. The molecule has 0 unspecified atom stereocenters. The maximum absolute atomic E-state index is 13.2. The molecular formula is C16H14Br2F2IN4Na. The van der Waals surface area contributed by atoms with Gasteiger partial charge in [0.1, 0.15) is 11.6 Å². The summed E-state index contributed by atoms with van der Waals surface area (Å²) in [5.41, 5.74) is 1.50. The van der Waals surface area contributed by atoms with Gasteiger partial charge in [-0.1, -0.05) is 54.5 Å². The maximum Gasteiger partial charge on any atom is 1.00 e. The van der Waals surface area contributed by atoms with E-state index < -0.39 is 0 Å². The summed E-state index contributed by atoms with van der Waals surface area (Å²) in [5.74, 6) is -0.504. The van der Waals surface area contributed by atoms with Crippen molar-refractivity contribution < 1.29 is 39.8 Å². The Morgan fingerprint density at radius 2 is 1.58 bits per heavy atom. The summed E-state index contributed by atoms with van der Waals surface area (Å²) >= 11 is 8.55. The SMILES string of the molecule is CI.Cn1ncc2c(F)cc(Br)cc21.Fc1cc(Br)cc2[nH]ncc12.[H-].[Na+]. The Hall–Kier alpha value is -0.0700. The first-order valence-electron chi connectivity index (χ1n) is 6.88. The van der Waals surface area contributed by atoms with Gasteiger partial charge in [-0.3, -0.25) is 9.78 Å². The zero-order valence-electron chi connectivity index (χ0n) is 15.2. The van der Waals surface area contributed by atoms with E-state index in [0.717, 1.165) is 9.99 Å². The molecule has 0 spiro atoms. The standard InChI is InChI=1S/C8H6BrFN2.C7H4BrFN2.CH3I.Na.H/c1-12-8-3-5(9)2-7(10)6(8)4-11-12;8-4-1-6(9)5-3-10-11-7(5)2-4;1-2;;/h2-4H,1H3;1-3H,(H,10,11);1H3;;/q;;;+1;-1. The second-order valence-electron chi connectivity index (χ2n) is 4.81. The van der Waals surface area contributed by atoms with Crippen LogP contribution in [0.2, 0.25) is 0 Å². The van der Waals surface area contributed by atoms with Crippen molar-refractivity contribution in [3.63, 3.8) is 0 Å². The van der Waals surface area contributed by atoms with Gasteiger partial charge in [0.15, 0.2) is 0 Å². The number of fused-ring (bicyclic) bond motifs is 2. The molecule has 134 valence electrons. The van der Waals surface area contributed by atoms with Gasteiger partial charge < -0.3 is 1.43 Å². The number of rotatable bonds is 0. The normalized spacial score (nSPS) is 9.81. The van der Waals surface area contributed by atoms with Crippen LogP contribution in [0.1, 0.15) is 1.43 Å². The third-order valence-electron chi connectivity index (χ3n) is 3.25. The van der Waals surface area contributed by atoms with E-state index >= 15 is 0 Å². The van der Waals surface area contributed by atoms with Crippen LogP contribution >= 0.6 is 54.5 Å². The van der Waals surface area contributed by atoms with Gasteiger partial charge in [0.05, 0.1) is 34.2 Å². The summed E-state index contributed by atoms with van der Waals surface area (Å²) in [4.78, 5) is 1.97. The van der Waals surface area contributed by atoms with Gasteiger partial charge in [-0.25, -0.2) is 8.78 Å². The van der Waals surface area contributed by atoms with E-state index in [2.05, 4.69) is 69.7 Å². The van der Waals surface area contributed by atoms with Crippen molar-refractivity contribution >= 4 is 76.3 Å². The summed E-state index contributed by atoms with van der Waals surface area (Å²) in [6.45, 7) is 0. The molecule has 1 N–H and O–H groups in total. The molecule has 0 radical (unpaired) electrons. The van der Waals surface area contributed by atoms with E-state index in [1.54, 1.807) is 17.8 Å². The van der Waals surface area contributed by atoms with Crippen LogP contribution in [-0.4, -0.2) is 24.9 Å². The summed E-state index contributed by atoms with van der Waals surface area (Å²) in [5, 5.41) is 11.4. The van der Waals surface area contributed by atoms with Crippen LogP contribution in [0.25, 0.3) is 21.8 Å². The van der Waals surface area contributed by atoms with Gasteiger partial charge in [-0.2, -0.15) is 10.2 Å². The summed E-state index contributed by atoms with van der Waals surface area (Å²) in [7, 11) is 1.79. The van der Waals surface area contributed by atoms with Crippen LogP contribution in [0, 0.1) is 11.6 Å². The number of nitrogens with zero attached hydrogens (tertiary/aromatic N) is 3. The van der Waals surface area contributed by atoms with Crippen molar-refractivity contribution in [1.82, 2.24) is 20.0 Å². The van der Waals surface area contributed by atoms with Crippen molar-refractivity contribution in [2.45, 2.75) is 0 Å². The molecule has 0 aliphatic carbocycles. The number of halogens is 5. The molecule has 2 aromatic carbocycles. The van der Waals surface area contributed by atoms with Gasteiger partial charge in [0, 0.05) is 16.0 Å². The summed E-state index contributed by atoms with van der Waals surface area (Å²) in [6.07, 6.45) is 2.99. The second kappa shape index (κ2) is 11.1. The molecule has 2 aromatic heterocycles. The Labute approximate surface area is 203 Å². The number of benzene rings is 2. The van der Waals surface area contributed by atoms with E-state index in [0.29, 0.717) is 20.8 Å². The fourth-order valence-corrected chi connectivity index (χ4v) is 3.00. The quantitative estimate of drug-likeness (QED) is 0.189. The van der Waals surface area contributed by atoms with Gasteiger partial charge in [0.25, 0.3) is 0 Å². The predicted molar refractivity (Wildman–Crippen MR) is 113 cm³/mol. The first-order valence-corrected chi connectivity index (χ1v) is 10.6.